The quantitative estimate of drug-likeness (QED) is 0.759. The molecule has 0 unspecified atom stereocenters. The average Bonchev–Trinajstić information content (AvgIpc) is 2.86. The van der Waals surface area contributed by atoms with Gasteiger partial charge in [-0.2, -0.15) is 0 Å². The molecule has 0 spiro atoms. The van der Waals surface area contributed by atoms with E-state index in [1.165, 1.54) is 0 Å². The molecule has 0 atom stereocenters. The van der Waals surface area contributed by atoms with Gasteiger partial charge in [-0.05, 0) is 6.42 Å². The van der Waals surface area contributed by atoms with E-state index in [0.717, 1.165) is 12.0 Å². The standard InChI is InChI=1S/C13H13NO3/c1-2-8-16-13(15)12-9-11(14-17-12)10-6-4-3-5-7-10/h3-7,9H,2,8H2,1H3. The van der Waals surface area contributed by atoms with E-state index >= 15 is 0 Å². The highest BCUT2D eigenvalue weighted by atomic mass is 16.6. The molecule has 0 N–H and O–H groups in total. The molecule has 2 rings (SSSR count). The van der Waals surface area contributed by atoms with Crippen LogP contribution in [0.15, 0.2) is 40.9 Å². The average molecular weight is 231 g/mol. The molecule has 1 aromatic heterocycles. The smallest absolute Gasteiger partial charge is 0.377 e. The van der Waals surface area contributed by atoms with Gasteiger partial charge in [0, 0.05) is 11.6 Å². The summed E-state index contributed by atoms with van der Waals surface area (Å²) in [6, 6.07) is 11.1. The minimum Gasteiger partial charge on any atom is -0.460 e. The first-order valence-electron chi connectivity index (χ1n) is 5.50. The first-order valence-corrected chi connectivity index (χ1v) is 5.50. The second-order valence-corrected chi connectivity index (χ2v) is 3.58. The van der Waals surface area contributed by atoms with E-state index in [9.17, 15) is 4.79 Å². The van der Waals surface area contributed by atoms with E-state index < -0.39 is 5.97 Å². The van der Waals surface area contributed by atoms with E-state index in [1.54, 1.807) is 6.07 Å². The number of esters is 1. The molecule has 0 radical (unpaired) electrons. The number of ether oxygens (including phenoxy) is 1. The van der Waals surface area contributed by atoms with Crippen molar-refractivity contribution in [1.29, 1.82) is 0 Å². The van der Waals surface area contributed by atoms with Gasteiger partial charge in [0.15, 0.2) is 0 Å². The minimum absolute atomic E-state index is 0.136. The van der Waals surface area contributed by atoms with Gasteiger partial charge in [-0.15, -0.1) is 0 Å². The van der Waals surface area contributed by atoms with Gasteiger partial charge >= 0.3 is 5.97 Å². The van der Waals surface area contributed by atoms with E-state index in [1.807, 2.05) is 37.3 Å². The first kappa shape index (κ1) is 11.4. The Morgan fingerprint density at radius 3 is 2.82 bits per heavy atom. The number of carbonyl (C=O) groups is 1. The molecule has 0 fully saturated rings. The van der Waals surface area contributed by atoms with Crippen molar-refractivity contribution in [3.05, 3.63) is 42.2 Å². The summed E-state index contributed by atoms with van der Waals surface area (Å²) in [4.78, 5) is 11.5. The van der Waals surface area contributed by atoms with Gasteiger partial charge in [0.05, 0.1) is 6.61 Å². The third-order valence-corrected chi connectivity index (χ3v) is 2.22. The number of hydrogen-bond acceptors (Lipinski definition) is 4. The summed E-state index contributed by atoms with van der Waals surface area (Å²) in [6.07, 6.45) is 0.783. The summed E-state index contributed by atoms with van der Waals surface area (Å²) >= 11 is 0. The van der Waals surface area contributed by atoms with Gasteiger partial charge in [0.25, 0.3) is 0 Å². The summed E-state index contributed by atoms with van der Waals surface area (Å²) in [5.41, 5.74) is 1.54. The fourth-order valence-corrected chi connectivity index (χ4v) is 1.38. The van der Waals surface area contributed by atoms with Gasteiger partial charge in [0.2, 0.25) is 5.76 Å². The molecule has 4 nitrogen and oxygen atoms in total. The number of aromatic nitrogens is 1. The molecule has 0 bridgehead atoms. The van der Waals surface area contributed by atoms with Crippen molar-refractivity contribution in [2.75, 3.05) is 6.61 Å². The van der Waals surface area contributed by atoms with Crippen molar-refractivity contribution in [2.45, 2.75) is 13.3 Å². The number of rotatable bonds is 4. The number of nitrogens with zero attached hydrogens (tertiary/aromatic N) is 1. The van der Waals surface area contributed by atoms with Gasteiger partial charge in [-0.25, -0.2) is 4.79 Å². The Kier molecular flexibility index (Phi) is 3.55. The van der Waals surface area contributed by atoms with Crippen molar-refractivity contribution in [3.63, 3.8) is 0 Å². The molecule has 1 heterocycles. The van der Waals surface area contributed by atoms with Crippen LogP contribution in [0.1, 0.15) is 23.9 Å². The number of hydrogen-bond donors (Lipinski definition) is 0. The maximum absolute atomic E-state index is 11.5. The van der Waals surface area contributed by atoms with Gasteiger partial charge in [0.1, 0.15) is 5.69 Å². The molecule has 0 saturated heterocycles. The molecule has 0 aliphatic carbocycles. The normalized spacial score (nSPS) is 10.2. The maximum Gasteiger partial charge on any atom is 0.377 e. The molecular weight excluding hydrogens is 218 g/mol. The molecular formula is C13H13NO3. The lowest BCUT2D eigenvalue weighted by Crippen LogP contribution is -2.04. The zero-order valence-electron chi connectivity index (χ0n) is 9.55. The van der Waals surface area contributed by atoms with Crippen molar-refractivity contribution in [3.8, 4) is 11.3 Å². The summed E-state index contributed by atoms with van der Waals surface area (Å²) < 4.78 is 9.91. The molecule has 0 saturated carbocycles. The molecule has 88 valence electrons. The van der Waals surface area contributed by atoms with Crippen molar-refractivity contribution in [1.82, 2.24) is 5.16 Å². The van der Waals surface area contributed by atoms with Crippen molar-refractivity contribution < 1.29 is 14.1 Å². The Hall–Kier alpha value is -2.10. The minimum atomic E-state index is -0.471. The number of benzene rings is 1. The van der Waals surface area contributed by atoms with E-state index in [0.29, 0.717) is 12.3 Å². The van der Waals surface area contributed by atoms with Crippen molar-refractivity contribution in [2.24, 2.45) is 0 Å². The van der Waals surface area contributed by atoms with Gasteiger partial charge < -0.3 is 9.26 Å². The summed E-state index contributed by atoms with van der Waals surface area (Å²) in [6.45, 7) is 2.32. The van der Waals surface area contributed by atoms with E-state index in [2.05, 4.69) is 5.16 Å². The van der Waals surface area contributed by atoms with Crippen LogP contribution in [0.25, 0.3) is 11.3 Å². The molecule has 2 aromatic rings. The Bertz CT molecular complexity index is 490. The van der Waals surface area contributed by atoms with Gasteiger partial charge in [-0.3, -0.25) is 0 Å². The van der Waals surface area contributed by atoms with E-state index in [4.69, 9.17) is 9.26 Å². The predicted molar refractivity (Wildman–Crippen MR) is 62.5 cm³/mol. The molecule has 0 aliphatic heterocycles. The lowest BCUT2D eigenvalue weighted by molar-refractivity contribution is 0.0458. The van der Waals surface area contributed by atoms with Crippen LogP contribution in [0.2, 0.25) is 0 Å². The third kappa shape index (κ3) is 2.72. The summed E-state index contributed by atoms with van der Waals surface area (Å²) in [5, 5.41) is 3.84. The largest absolute Gasteiger partial charge is 0.460 e. The molecule has 0 amide bonds. The monoisotopic (exact) mass is 231 g/mol. The fraction of sp³-hybridized carbons (Fsp3) is 0.231. The van der Waals surface area contributed by atoms with Crippen LogP contribution in [-0.2, 0) is 4.74 Å². The van der Waals surface area contributed by atoms with Crippen molar-refractivity contribution >= 4 is 5.97 Å². The summed E-state index contributed by atoms with van der Waals surface area (Å²) in [7, 11) is 0. The molecule has 1 aromatic carbocycles. The zero-order chi connectivity index (χ0) is 12.1. The van der Waals surface area contributed by atoms with Crippen LogP contribution >= 0.6 is 0 Å². The lowest BCUT2D eigenvalue weighted by atomic mass is 10.1. The highest BCUT2D eigenvalue weighted by molar-refractivity contribution is 5.87. The Labute approximate surface area is 99.2 Å². The van der Waals surface area contributed by atoms with Gasteiger partial charge in [-0.1, -0.05) is 42.4 Å². The van der Waals surface area contributed by atoms with Crippen LogP contribution in [0.5, 0.6) is 0 Å². The Morgan fingerprint density at radius 2 is 2.12 bits per heavy atom. The fourth-order valence-electron chi connectivity index (χ4n) is 1.38. The first-order chi connectivity index (χ1) is 8.31. The SMILES string of the molecule is CCCOC(=O)c1cc(-c2ccccc2)no1. The maximum atomic E-state index is 11.5. The van der Waals surface area contributed by atoms with Crippen LogP contribution in [0.3, 0.4) is 0 Å². The van der Waals surface area contributed by atoms with E-state index in [-0.39, 0.29) is 5.76 Å². The second kappa shape index (κ2) is 5.30. The third-order valence-electron chi connectivity index (χ3n) is 2.22. The Balaban J connectivity index is 2.14. The highest BCUT2D eigenvalue weighted by Gasteiger charge is 2.14. The number of carbonyl (C=O) groups excluding carboxylic acids is 1. The predicted octanol–water partition coefficient (Wildman–Crippen LogP) is 2.91. The molecule has 4 heteroatoms. The highest BCUT2D eigenvalue weighted by Crippen LogP contribution is 2.18. The van der Waals surface area contributed by atoms with Crippen LogP contribution < -0.4 is 0 Å². The summed E-state index contributed by atoms with van der Waals surface area (Å²) in [5.74, 6) is -0.334. The van der Waals surface area contributed by atoms with Crippen LogP contribution in [0, 0.1) is 0 Å². The molecule has 17 heavy (non-hydrogen) atoms. The van der Waals surface area contributed by atoms with Crippen LogP contribution in [0.4, 0.5) is 0 Å². The second-order valence-electron chi connectivity index (χ2n) is 3.58. The zero-order valence-corrected chi connectivity index (χ0v) is 9.55. The molecule has 0 aliphatic rings. The van der Waals surface area contributed by atoms with Crippen LogP contribution in [-0.4, -0.2) is 17.7 Å². The Morgan fingerprint density at radius 1 is 1.35 bits per heavy atom. The lowest BCUT2D eigenvalue weighted by Gasteiger charge is -1.97. The topological polar surface area (TPSA) is 52.3 Å².